The number of hydrogen-bond acceptors (Lipinski definition) is 4. The van der Waals surface area contributed by atoms with Gasteiger partial charge in [0.1, 0.15) is 11.9 Å². The maximum Gasteiger partial charge on any atom is 0.346 e. The Morgan fingerprint density at radius 3 is 2.69 bits per heavy atom. The number of hydrogen-bond donors (Lipinski definition) is 0. The van der Waals surface area contributed by atoms with E-state index in [9.17, 15) is 9.59 Å². The molecule has 2 aromatic rings. The standard InChI is InChI=1S/C19H24N4O3/c1-14-5-7-15(8-6-14)13-22-19(25)23-16(3-2-4-17(23)20-22)18(24)21-9-11-26-12-10-21/h5-8,16H,2-4,9-13H2,1H3/t16-/m1/s1. The number of aromatic nitrogens is 3. The number of aryl methyl sites for hydroxylation is 2. The molecule has 1 aromatic heterocycles. The minimum atomic E-state index is -0.434. The highest BCUT2D eigenvalue weighted by atomic mass is 16.5. The van der Waals surface area contributed by atoms with Gasteiger partial charge in [0, 0.05) is 19.5 Å². The first kappa shape index (κ1) is 17.0. The summed E-state index contributed by atoms with van der Waals surface area (Å²) >= 11 is 0. The molecular formula is C19H24N4O3. The number of carbonyl (C=O) groups excluding carboxylic acids is 1. The van der Waals surface area contributed by atoms with Crippen molar-refractivity contribution in [2.24, 2.45) is 0 Å². The maximum absolute atomic E-state index is 13.0. The van der Waals surface area contributed by atoms with Crippen LogP contribution in [0.4, 0.5) is 0 Å². The number of fused-ring (bicyclic) bond motifs is 1. The second-order valence-electron chi connectivity index (χ2n) is 7.06. The summed E-state index contributed by atoms with van der Waals surface area (Å²) in [6, 6.07) is 7.64. The molecule has 3 heterocycles. The third-order valence-electron chi connectivity index (χ3n) is 5.19. The Kier molecular flexibility index (Phi) is 4.63. The van der Waals surface area contributed by atoms with Crippen molar-refractivity contribution in [3.05, 3.63) is 51.7 Å². The van der Waals surface area contributed by atoms with Gasteiger partial charge in [-0.05, 0) is 25.3 Å². The van der Waals surface area contributed by atoms with E-state index >= 15 is 0 Å². The van der Waals surface area contributed by atoms with Crippen LogP contribution in [0.1, 0.15) is 35.8 Å². The molecule has 26 heavy (non-hydrogen) atoms. The van der Waals surface area contributed by atoms with Gasteiger partial charge >= 0.3 is 5.69 Å². The number of ether oxygens (including phenoxy) is 1. The number of morpholine rings is 1. The molecule has 2 aliphatic rings. The Labute approximate surface area is 152 Å². The number of rotatable bonds is 3. The fourth-order valence-corrected chi connectivity index (χ4v) is 3.73. The van der Waals surface area contributed by atoms with Crippen molar-refractivity contribution in [3.8, 4) is 0 Å². The molecule has 1 amide bonds. The molecule has 2 aliphatic heterocycles. The normalized spacial score (nSPS) is 20.0. The van der Waals surface area contributed by atoms with E-state index in [1.165, 1.54) is 10.2 Å². The second kappa shape index (κ2) is 7.07. The van der Waals surface area contributed by atoms with Crippen LogP contribution in [0.2, 0.25) is 0 Å². The van der Waals surface area contributed by atoms with Crippen LogP contribution in [0.5, 0.6) is 0 Å². The molecule has 1 atom stereocenters. The van der Waals surface area contributed by atoms with Gasteiger partial charge in [0.05, 0.1) is 19.8 Å². The summed E-state index contributed by atoms with van der Waals surface area (Å²) in [4.78, 5) is 27.7. The Morgan fingerprint density at radius 1 is 1.23 bits per heavy atom. The zero-order valence-corrected chi connectivity index (χ0v) is 15.1. The van der Waals surface area contributed by atoms with E-state index in [-0.39, 0.29) is 11.6 Å². The lowest BCUT2D eigenvalue weighted by Crippen LogP contribution is -2.47. The Morgan fingerprint density at radius 2 is 1.96 bits per heavy atom. The van der Waals surface area contributed by atoms with E-state index in [2.05, 4.69) is 5.10 Å². The third kappa shape index (κ3) is 3.19. The molecule has 0 unspecified atom stereocenters. The third-order valence-corrected chi connectivity index (χ3v) is 5.19. The Balaban J connectivity index is 1.61. The van der Waals surface area contributed by atoms with E-state index in [0.717, 1.165) is 24.2 Å². The average molecular weight is 356 g/mol. The molecule has 0 saturated carbocycles. The molecule has 4 rings (SSSR count). The second-order valence-corrected chi connectivity index (χ2v) is 7.06. The molecule has 0 aliphatic carbocycles. The smallest absolute Gasteiger partial charge is 0.346 e. The Hall–Kier alpha value is -2.41. The van der Waals surface area contributed by atoms with Gasteiger partial charge in [-0.25, -0.2) is 9.48 Å². The van der Waals surface area contributed by atoms with Crippen LogP contribution in [0, 0.1) is 6.92 Å². The number of nitrogens with zero attached hydrogens (tertiary/aromatic N) is 4. The largest absolute Gasteiger partial charge is 0.378 e. The fourth-order valence-electron chi connectivity index (χ4n) is 3.73. The molecular weight excluding hydrogens is 332 g/mol. The van der Waals surface area contributed by atoms with Crippen LogP contribution in [0.15, 0.2) is 29.1 Å². The Bertz CT molecular complexity index is 847. The molecule has 0 spiro atoms. The van der Waals surface area contributed by atoms with Crippen molar-refractivity contribution in [3.63, 3.8) is 0 Å². The summed E-state index contributed by atoms with van der Waals surface area (Å²) in [6.07, 6.45) is 2.31. The van der Waals surface area contributed by atoms with Crippen molar-refractivity contribution in [2.75, 3.05) is 26.3 Å². The van der Waals surface area contributed by atoms with Crippen molar-refractivity contribution in [2.45, 2.75) is 38.8 Å². The van der Waals surface area contributed by atoms with Crippen LogP contribution >= 0.6 is 0 Å². The molecule has 1 saturated heterocycles. The molecule has 138 valence electrons. The van der Waals surface area contributed by atoms with E-state index in [1.54, 1.807) is 4.57 Å². The topological polar surface area (TPSA) is 69.4 Å². The zero-order chi connectivity index (χ0) is 18.1. The monoisotopic (exact) mass is 356 g/mol. The predicted octanol–water partition coefficient (Wildman–Crippen LogP) is 1.14. The summed E-state index contributed by atoms with van der Waals surface area (Å²) in [5.41, 5.74) is 2.03. The first-order valence-corrected chi connectivity index (χ1v) is 9.24. The van der Waals surface area contributed by atoms with Crippen LogP contribution < -0.4 is 5.69 Å². The number of benzene rings is 1. The van der Waals surface area contributed by atoms with Gasteiger partial charge in [-0.2, -0.15) is 5.10 Å². The lowest BCUT2D eigenvalue weighted by atomic mass is 10.0. The first-order valence-electron chi connectivity index (χ1n) is 9.24. The van der Waals surface area contributed by atoms with Gasteiger partial charge in [0.15, 0.2) is 0 Å². The number of carbonyl (C=O) groups is 1. The minimum absolute atomic E-state index is 0.0197. The van der Waals surface area contributed by atoms with Crippen molar-refractivity contribution >= 4 is 5.91 Å². The van der Waals surface area contributed by atoms with Gasteiger partial charge < -0.3 is 9.64 Å². The molecule has 0 radical (unpaired) electrons. The van der Waals surface area contributed by atoms with Gasteiger partial charge in [0.2, 0.25) is 5.91 Å². The summed E-state index contributed by atoms with van der Waals surface area (Å²) in [6.45, 7) is 4.78. The predicted molar refractivity (Wildman–Crippen MR) is 96.1 cm³/mol. The lowest BCUT2D eigenvalue weighted by molar-refractivity contribution is -0.139. The van der Waals surface area contributed by atoms with Crippen LogP contribution in [0.3, 0.4) is 0 Å². The highest BCUT2D eigenvalue weighted by molar-refractivity contribution is 5.80. The van der Waals surface area contributed by atoms with E-state index in [0.29, 0.717) is 39.3 Å². The van der Waals surface area contributed by atoms with E-state index in [1.807, 2.05) is 36.1 Å². The number of amides is 1. The highest BCUT2D eigenvalue weighted by Gasteiger charge is 2.33. The van der Waals surface area contributed by atoms with Crippen LogP contribution in [-0.2, 0) is 22.5 Å². The molecule has 7 heteroatoms. The summed E-state index contributed by atoms with van der Waals surface area (Å²) < 4.78 is 8.44. The quantitative estimate of drug-likeness (QED) is 0.827. The van der Waals surface area contributed by atoms with Crippen molar-refractivity contribution < 1.29 is 9.53 Å². The molecule has 0 bridgehead atoms. The minimum Gasteiger partial charge on any atom is -0.378 e. The average Bonchev–Trinajstić information content (AvgIpc) is 2.99. The highest BCUT2D eigenvalue weighted by Crippen LogP contribution is 2.24. The van der Waals surface area contributed by atoms with Gasteiger partial charge in [-0.1, -0.05) is 29.8 Å². The van der Waals surface area contributed by atoms with E-state index in [4.69, 9.17) is 4.74 Å². The zero-order valence-electron chi connectivity index (χ0n) is 15.1. The molecule has 1 fully saturated rings. The van der Waals surface area contributed by atoms with Gasteiger partial charge in [0.25, 0.3) is 0 Å². The van der Waals surface area contributed by atoms with Crippen LogP contribution in [0.25, 0.3) is 0 Å². The van der Waals surface area contributed by atoms with Crippen LogP contribution in [-0.4, -0.2) is 51.5 Å². The van der Waals surface area contributed by atoms with E-state index < -0.39 is 6.04 Å². The first-order chi connectivity index (χ1) is 12.6. The van der Waals surface area contributed by atoms with Crippen molar-refractivity contribution in [1.29, 1.82) is 0 Å². The summed E-state index contributed by atoms with van der Waals surface area (Å²) in [5.74, 6) is 0.742. The maximum atomic E-state index is 13.0. The van der Waals surface area contributed by atoms with Gasteiger partial charge in [-0.15, -0.1) is 0 Å². The molecule has 0 N–H and O–H groups in total. The SMILES string of the molecule is Cc1ccc(Cn2nc3n(c2=O)[C@@H](C(=O)N2CCOCC2)CCC3)cc1. The summed E-state index contributed by atoms with van der Waals surface area (Å²) in [7, 11) is 0. The van der Waals surface area contributed by atoms with Crippen molar-refractivity contribution in [1.82, 2.24) is 19.2 Å². The fraction of sp³-hybridized carbons (Fsp3) is 0.526. The molecule has 7 nitrogen and oxygen atoms in total. The molecule has 1 aromatic carbocycles. The summed E-state index contributed by atoms with van der Waals surface area (Å²) in [5, 5.41) is 4.52. The lowest BCUT2D eigenvalue weighted by Gasteiger charge is -2.32. The van der Waals surface area contributed by atoms with Gasteiger partial charge in [-0.3, -0.25) is 9.36 Å².